The Morgan fingerprint density at radius 1 is 1.43 bits per heavy atom. The Balaban J connectivity index is 1.87. The second kappa shape index (κ2) is 9.27. The van der Waals surface area contributed by atoms with E-state index in [0.717, 1.165) is 16.5 Å². The fourth-order valence-electron chi connectivity index (χ4n) is 3.33. The van der Waals surface area contributed by atoms with Crippen molar-refractivity contribution in [2.45, 2.75) is 12.1 Å². The average molecular weight is 403 g/mol. The highest BCUT2D eigenvalue weighted by Gasteiger charge is 2.33. The van der Waals surface area contributed by atoms with E-state index in [1.165, 1.54) is 7.11 Å². The first-order valence-corrected chi connectivity index (χ1v) is 9.89. The van der Waals surface area contributed by atoms with Gasteiger partial charge < -0.3 is 26.0 Å². The minimum absolute atomic E-state index is 0.0325. The van der Waals surface area contributed by atoms with Gasteiger partial charge in [0.1, 0.15) is 6.04 Å². The van der Waals surface area contributed by atoms with Crippen LogP contribution in [0.1, 0.15) is 10.4 Å². The first kappa shape index (κ1) is 20.4. The largest absolute Gasteiger partial charge is 0.383 e. The van der Waals surface area contributed by atoms with E-state index in [4.69, 9.17) is 10.5 Å². The summed E-state index contributed by atoms with van der Waals surface area (Å²) in [5.74, 6) is 0.250. The molecule has 1 unspecified atom stereocenters. The highest BCUT2D eigenvalue weighted by atomic mass is 32.1. The molecule has 0 aromatic heterocycles. The molecular formula is C20H26N4O3S. The number of rotatable bonds is 7. The molecule has 1 aliphatic rings. The second-order valence-electron chi connectivity index (χ2n) is 6.83. The number of nitrogens with one attached hydrogen (secondary N) is 2. The van der Waals surface area contributed by atoms with Crippen LogP contribution in [-0.2, 0) is 9.53 Å². The van der Waals surface area contributed by atoms with Gasteiger partial charge in [-0.2, -0.15) is 12.6 Å². The van der Waals surface area contributed by atoms with Crippen molar-refractivity contribution in [3.05, 3.63) is 42.0 Å². The molecule has 3 rings (SSSR count). The van der Waals surface area contributed by atoms with E-state index < -0.39 is 6.04 Å². The van der Waals surface area contributed by atoms with E-state index in [1.807, 2.05) is 30.3 Å². The number of methoxy groups -OCH3 is 1. The number of nitrogens with zero attached hydrogens (tertiary/aromatic N) is 1. The molecule has 150 valence electrons. The average Bonchev–Trinajstić information content (AvgIpc) is 2.72. The number of benzene rings is 2. The lowest BCUT2D eigenvalue weighted by Crippen LogP contribution is -2.58. The summed E-state index contributed by atoms with van der Waals surface area (Å²) in [6, 6.07) is 10.8. The Bertz CT molecular complexity index is 860. The zero-order valence-corrected chi connectivity index (χ0v) is 16.7. The molecule has 7 nitrogen and oxygen atoms in total. The predicted molar refractivity (Wildman–Crippen MR) is 114 cm³/mol. The van der Waals surface area contributed by atoms with Crippen LogP contribution in [0.3, 0.4) is 0 Å². The minimum Gasteiger partial charge on any atom is -0.383 e. The number of anilines is 1. The van der Waals surface area contributed by atoms with Crippen LogP contribution in [-0.4, -0.2) is 67.9 Å². The summed E-state index contributed by atoms with van der Waals surface area (Å²) in [4.78, 5) is 27.0. The molecular weight excluding hydrogens is 376 g/mol. The maximum atomic E-state index is 13.2. The molecule has 0 bridgehead atoms. The number of thiol groups is 1. The summed E-state index contributed by atoms with van der Waals surface area (Å²) in [5, 5.41) is 7.87. The molecule has 2 atom stereocenters. The van der Waals surface area contributed by atoms with Gasteiger partial charge in [-0.25, -0.2) is 0 Å². The predicted octanol–water partition coefficient (Wildman–Crippen LogP) is 1.10. The lowest BCUT2D eigenvalue weighted by Gasteiger charge is -2.34. The van der Waals surface area contributed by atoms with Gasteiger partial charge in [0.15, 0.2) is 0 Å². The summed E-state index contributed by atoms with van der Waals surface area (Å²) in [5.41, 5.74) is 7.41. The van der Waals surface area contributed by atoms with Gasteiger partial charge in [-0.15, -0.1) is 0 Å². The molecule has 0 spiro atoms. The summed E-state index contributed by atoms with van der Waals surface area (Å²) < 4.78 is 5.15. The van der Waals surface area contributed by atoms with Gasteiger partial charge in [0, 0.05) is 49.8 Å². The molecule has 1 fully saturated rings. The van der Waals surface area contributed by atoms with Gasteiger partial charge in [-0.1, -0.05) is 18.2 Å². The molecule has 0 saturated carbocycles. The van der Waals surface area contributed by atoms with Gasteiger partial charge in [0.05, 0.1) is 6.61 Å². The van der Waals surface area contributed by atoms with Crippen molar-refractivity contribution < 1.29 is 14.3 Å². The van der Waals surface area contributed by atoms with Crippen molar-refractivity contribution in [1.82, 2.24) is 10.2 Å². The molecule has 0 radical (unpaired) electrons. The van der Waals surface area contributed by atoms with E-state index in [-0.39, 0.29) is 24.5 Å². The Hall–Kier alpha value is -2.29. The van der Waals surface area contributed by atoms with E-state index in [1.54, 1.807) is 11.0 Å². The van der Waals surface area contributed by atoms with Crippen molar-refractivity contribution >= 4 is 40.9 Å². The number of ether oxygens (including phenoxy) is 1. The fourth-order valence-corrected chi connectivity index (χ4v) is 3.46. The highest BCUT2D eigenvalue weighted by Crippen LogP contribution is 2.25. The number of hydrogen-bond donors (Lipinski definition) is 4. The number of hydrogen-bond acceptors (Lipinski definition) is 6. The van der Waals surface area contributed by atoms with Gasteiger partial charge in [-0.05, 0) is 29.0 Å². The number of carbonyl (C=O) groups excluding carboxylic acids is 2. The number of piperazine rings is 1. The fraction of sp³-hybridized carbons (Fsp3) is 0.400. The van der Waals surface area contributed by atoms with Gasteiger partial charge in [0.25, 0.3) is 5.91 Å². The molecule has 1 heterocycles. The normalized spacial score (nSPS) is 18.0. The van der Waals surface area contributed by atoms with Crippen LogP contribution in [0.2, 0.25) is 0 Å². The molecule has 2 aromatic rings. The third-order valence-electron chi connectivity index (χ3n) is 4.83. The monoisotopic (exact) mass is 402 g/mol. The third-order valence-corrected chi connectivity index (χ3v) is 5.30. The molecule has 1 aliphatic heterocycles. The Morgan fingerprint density at radius 3 is 3.00 bits per heavy atom. The first-order valence-electron chi connectivity index (χ1n) is 9.26. The van der Waals surface area contributed by atoms with Crippen LogP contribution >= 0.6 is 12.6 Å². The Labute approximate surface area is 170 Å². The Morgan fingerprint density at radius 2 is 2.25 bits per heavy atom. The molecule has 4 N–H and O–H groups in total. The van der Waals surface area contributed by atoms with Crippen LogP contribution < -0.4 is 16.4 Å². The van der Waals surface area contributed by atoms with Crippen molar-refractivity contribution in [1.29, 1.82) is 0 Å². The molecule has 0 aliphatic carbocycles. The lowest BCUT2D eigenvalue weighted by molar-refractivity contribution is -0.129. The number of fused-ring (bicyclic) bond motifs is 1. The zero-order valence-electron chi connectivity index (χ0n) is 15.9. The van der Waals surface area contributed by atoms with Crippen LogP contribution in [0.25, 0.3) is 10.8 Å². The third kappa shape index (κ3) is 4.40. The quantitative estimate of drug-likeness (QED) is 0.520. The maximum absolute atomic E-state index is 13.2. The van der Waals surface area contributed by atoms with E-state index in [0.29, 0.717) is 31.0 Å². The Kier molecular flexibility index (Phi) is 6.77. The second-order valence-corrected chi connectivity index (χ2v) is 7.19. The SMILES string of the molecule is COCC1C(=O)NCCN1C(=O)c1cccc2cc(NC[C@@H](N)CS)ccc12. The van der Waals surface area contributed by atoms with Crippen molar-refractivity contribution in [3.63, 3.8) is 0 Å². The minimum atomic E-state index is -0.620. The zero-order chi connectivity index (χ0) is 20.1. The first-order chi connectivity index (χ1) is 13.5. The molecule has 8 heteroatoms. The highest BCUT2D eigenvalue weighted by molar-refractivity contribution is 7.80. The molecule has 2 amide bonds. The summed E-state index contributed by atoms with van der Waals surface area (Å²) in [6.45, 7) is 1.68. The van der Waals surface area contributed by atoms with E-state index in [9.17, 15) is 9.59 Å². The van der Waals surface area contributed by atoms with Crippen LogP contribution in [0.4, 0.5) is 5.69 Å². The van der Waals surface area contributed by atoms with Crippen molar-refractivity contribution in [2.24, 2.45) is 5.73 Å². The van der Waals surface area contributed by atoms with Crippen molar-refractivity contribution in [3.8, 4) is 0 Å². The van der Waals surface area contributed by atoms with Crippen LogP contribution in [0, 0.1) is 0 Å². The molecule has 2 aromatic carbocycles. The van der Waals surface area contributed by atoms with Crippen molar-refractivity contribution in [2.75, 3.05) is 44.4 Å². The summed E-state index contributed by atoms with van der Waals surface area (Å²) in [6.07, 6.45) is 0. The van der Waals surface area contributed by atoms with Gasteiger partial charge in [-0.3, -0.25) is 9.59 Å². The standard InChI is InChI=1S/C20H26N4O3S/c1-27-11-18-19(25)22-7-8-24(18)20(26)17-4-2-3-13-9-15(5-6-16(13)17)23-10-14(21)12-28/h2-6,9,14,18,23,28H,7-8,10-12,21H2,1H3,(H,22,25)/t14-,18?/m1/s1. The smallest absolute Gasteiger partial charge is 0.255 e. The number of amides is 2. The van der Waals surface area contributed by atoms with Crippen LogP contribution in [0.5, 0.6) is 0 Å². The topological polar surface area (TPSA) is 96.7 Å². The van der Waals surface area contributed by atoms with Gasteiger partial charge in [0.2, 0.25) is 5.91 Å². The number of nitrogens with two attached hydrogens (primary N) is 1. The van der Waals surface area contributed by atoms with Crippen LogP contribution in [0.15, 0.2) is 36.4 Å². The maximum Gasteiger partial charge on any atom is 0.255 e. The van der Waals surface area contributed by atoms with E-state index in [2.05, 4.69) is 23.3 Å². The lowest BCUT2D eigenvalue weighted by atomic mass is 10.0. The van der Waals surface area contributed by atoms with Gasteiger partial charge >= 0.3 is 0 Å². The molecule has 28 heavy (non-hydrogen) atoms. The number of carbonyl (C=O) groups is 2. The summed E-state index contributed by atoms with van der Waals surface area (Å²) in [7, 11) is 1.52. The summed E-state index contributed by atoms with van der Waals surface area (Å²) >= 11 is 4.19. The molecule has 1 saturated heterocycles. The van der Waals surface area contributed by atoms with E-state index >= 15 is 0 Å².